The van der Waals surface area contributed by atoms with E-state index in [0.717, 1.165) is 7.11 Å². The number of hydrogen-bond donors (Lipinski definition) is 1. The summed E-state index contributed by atoms with van der Waals surface area (Å²) in [6.45, 7) is 0. The molecule has 0 saturated heterocycles. The highest BCUT2D eigenvalue weighted by Crippen LogP contribution is 2.22. The summed E-state index contributed by atoms with van der Waals surface area (Å²) in [5, 5.41) is 0. The molecule has 88 valence electrons. The molecule has 7 heteroatoms. The van der Waals surface area contributed by atoms with Crippen molar-refractivity contribution in [3.63, 3.8) is 0 Å². The molecular formula is C9H8BrF2NO3. The molecule has 1 aromatic rings. The molecule has 0 fully saturated rings. The van der Waals surface area contributed by atoms with Crippen LogP contribution >= 0.6 is 15.9 Å². The van der Waals surface area contributed by atoms with Crippen LogP contribution in [0.5, 0.6) is 0 Å². The molecule has 0 aliphatic carbocycles. The van der Waals surface area contributed by atoms with E-state index in [9.17, 15) is 18.4 Å². The fourth-order valence-electron chi connectivity index (χ4n) is 1.13. The largest absolute Gasteiger partial charge is 0.469 e. The molecule has 0 radical (unpaired) electrons. The molecule has 0 spiro atoms. The third kappa shape index (κ3) is 2.88. The van der Waals surface area contributed by atoms with Crippen LogP contribution in [-0.4, -0.2) is 18.1 Å². The Morgan fingerprint density at radius 3 is 2.75 bits per heavy atom. The second-order valence-corrected chi connectivity index (χ2v) is 3.79. The van der Waals surface area contributed by atoms with E-state index in [1.807, 2.05) is 4.98 Å². The van der Waals surface area contributed by atoms with Crippen molar-refractivity contribution in [1.29, 1.82) is 0 Å². The van der Waals surface area contributed by atoms with Gasteiger partial charge in [0.2, 0.25) is 0 Å². The Balaban J connectivity index is 3.19. The maximum Gasteiger partial charge on any atom is 0.310 e. The molecule has 1 rings (SSSR count). The molecule has 0 aliphatic heterocycles. The van der Waals surface area contributed by atoms with Crippen LogP contribution in [0, 0.1) is 0 Å². The number of aromatic nitrogens is 1. The van der Waals surface area contributed by atoms with Gasteiger partial charge in [0.05, 0.1) is 23.7 Å². The molecule has 0 saturated carbocycles. The van der Waals surface area contributed by atoms with E-state index in [0.29, 0.717) is 0 Å². The molecule has 1 N–H and O–H groups in total. The first kappa shape index (κ1) is 12.8. The van der Waals surface area contributed by atoms with E-state index in [1.54, 1.807) is 0 Å². The van der Waals surface area contributed by atoms with Crippen LogP contribution in [-0.2, 0) is 16.0 Å². The Hall–Kier alpha value is -1.24. The zero-order chi connectivity index (χ0) is 12.3. The summed E-state index contributed by atoms with van der Waals surface area (Å²) >= 11 is 2.90. The van der Waals surface area contributed by atoms with Gasteiger partial charge < -0.3 is 9.72 Å². The highest BCUT2D eigenvalue weighted by Gasteiger charge is 2.18. The molecule has 1 aromatic heterocycles. The van der Waals surface area contributed by atoms with Gasteiger partial charge in [-0.1, -0.05) is 0 Å². The number of ether oxygens (including phenoxy) is 1. The molecule has 4 nitrogen and oxygen atoms in total. The van der Waals surface area contributed by atoms with Crippen molar-refractivity contribution in [1.82, 2.24) is 4.98 Å². The minimum Gasteiger partial charge on any atom is -0.469 e. The van der Waals surface area contributed by atoms with Gasteiger partial charge in [0.15, 0.2) is 0 Å². The third-order valence-corrected chi connectivity index (χ3v) is 2.48. The van der Waals surface area contributed by atoms with Gasteiger partial charge in [-0.25, -0.2) is 8.78 Å². The lowest BCUT2D eigenvalue weighted by Gasteiger charge is -2.07. The Labute approximate surface area is 97.7 Å². The lowest BCUT2D eigenvalue weighted by atomic mass is 10.1. The van der Waals surface area contributed by atoms with Crippen molar-refractivity contribution in [2.45, 2.75) is 12.8 Å². The summed E-state index contributed by atoms with van der Waals surface area (Å²) in [6, 6.07) is 1.19. The molecule has 0 atom stereocenters. The van der Waals surface area contributed by atoms with E-state index in [4.69, 9.17) is 0 Å². The number of halogens is 3. The summed E-state index contributed by atoms with van der Waals surface area (Å²) in [4.78, 5) is 24.1. The molecule has 0 bridgehead atoms. The number of aromatic amines is 1. The van der Waals surface area contributed by atoms with Gasteiger partial charge in [0, 0.05) is 0 Å². The molecule has 0 aliphatic rings. The van der Waals surface area contributed by atoms with Gasteiger partial charge in [-0.3, -0.25) is 9.59 Å². The van der Waals surface area contributed by atoms with Crippen LogP contribution in [0.1, 0.15) is 17.7 Å². The monoisotopic (exact) mass is 295 g/mol. The van der Waals surface area contributed by atoms with Crippen LogP contribution in [0.25, 0.3) is 0 Å². The van der Waals surface area contributed by atoms with Crippen molar-refractivity contribution in [3.05, 3.63) is 32.2 Å². The molecular weight excluding hydrogens is 288 g/mol. The van der Waals surface area contributed by atoms with Crippen LogP contribution in [0.3, 0.4) is 0 Å². The van der Waals surface area contributed by atoms with Gasteiger partial charge in [0.1, 0.15) is 0 Å². The van der Waals surface area contributed by atoms with Crippen LogP contribution in [0.15, 0.2) is 15.3 Å². The first-order valence-corrected chi connectivity index (χ1v) is 5.01. The van der Waals surface area contributed by atoms with Crippen molar-refractivity contribution in [3.8, 4) is 0 Å². The quantitative estimate of drug-likeness (QED) is 0.865. The van der Waals surface area contributed by atoms with Gasteiger partial charge in [-0.05, 0) is 27.6 Å². The number of esters is 1. The fourth-order valence-corrected chi connectivity index (χ4v) is 1.50. The van der Waals surface area contributed by atoms with E-state index in [-0.39, 0.29) is 16.5 Å². The van der Waals surface area contributed by atoms with E-state index < -0.39 is 23.6 Å². The smallest absolute Gasteiger partial charge is 0.310 e. The van der Waals surface area contributed by atoms with Crippen molar-refractivity contribution >= 4 is 21.9 Å². The summed E-state index contributed by atoms with van der Waals surface area (Å²) in [7, 11) is 1.16. The van der Waals surface area contributed by atoms with Crippen LogP contribution in [0.2, 0.25) is 0 Å². The van der Waals surface area contributed by atoms with Gasteiger partial charge in [-0.2, -0.15) is 0 Å². The summed E-state index contributed by atoms with van der Waals surface area (Å²) in [5.41, 5.74) is -1.18. The van der Waals surface area contributed by atoms with Crippen LogP contribution < -0.4 is 5.56 Å². The number of rotatable bonds is 3. The summed E-state index contributed by atoms with van der Waals surface area (Å²) in [5.74, 6) is -0.652. The zero-order valence-electron chi connectivity index (χ0n) is 8.22. The summed E-state index contributed by atoms with van der Waals surface area (Å²) in [6.07, 6.45) is -3.16. The number of methoxy groups -OCH3 is 1. The average molecular weight is 296 g/mol. The standard InChI is InChI=1S/C9H8BrF2NO3/c1-16-6(14)3-4-2-5(10)9(15)13-7(4)8(11)12/h2,8H,3H2,1H3,(H,13,15). The van der Waals surface area contributed by atoms with Crippen LogP contribution in [0.4, 0.5) is 8.78 Å². The van der Waals surface area contributed by atoms with Gasteiger partial charge in [-0.15, -0.1) is 0 Å². The Morgan fingerprint density at radius 1 is 1.62 bits per heavy atom. The third-order valence-electron chi connectivity index (χ3n) is 1.89. The Morgan fingerprint density at radius 2 is 2.25 bits per heavy atom. The SMILES string of the molecule is COC(=O)Cc1cc(Br)c(=O)[nH]c1C(F)F. The van der Waals surface area contributed by atoms with Crippen molar-refractivity contribution in [2.75, 3.05) is 7.11 Å². The van der Waals surface area contributed by atoms with E-state index in [1.165, 1.54) is 6.07 Å². The normalized spacial score (nSPS) is 10.6. The number of nitrogens with one attached hydrogen (secondary N) is 1. The maximum atomic E-state index is 12.6. The number of carbonyl (C=O) groups is 1. The molecule has 1 heterocycles. The fraction of sp³-hybridized carbons (Fsp3) is 0.333. The topological polar surface area (TPSA) is 59.2 Å². The average Bonchev–Trinajstić information content (AvgIpc) is 2.22. The first-order valence-electron chi connectivity index (χ1n) is 4.22. The molecule has 0 amide bonds. The highest BCUT2D eigenvalue weighted by molar-refractivity contribution is 9.10. The van der Waals surface area contributed by atoms with E-state index in [2.05, 4.69) is 20.7 Å². The number of carbonyl (C=O) groups excluding carboxylic acids is 1. The first-order chi connectivity index (χ1) is 7.45. The summed E-state index contributed by atoms with van der Waals surface area (Å²) < 4.78 is 29.6. The number of pyridine rings is 1. The molecule has 0 unspecified atom stereocenters. The van der Waals surface area contributed by atoms with Gasteiger partial charge >= 0.3 is 5.97 Å². The van der Waals surface area contributed by atoms with Crippen molar-refractivity contribution in [2.24, 2.45) is 0 Å². The lowest BCUT2D eigenvalue weighted by molar-refractivity contribution is -0.139. The van der Waals surface area contributed by atoms with Crippen molar-refractivity contribution < 1.29 is 18.3 Å². The maximum absolute atomic E-state index is 12.6. The second kappa shape index (κ2) is 5.20. The number of alkyl halides is 2. The predicted molar refractivity (Wildman–Crippen MR) is 55.4 cm³/mol. The zero-order valence-corrected chi connectivity index (χ0v) is 9.81. The van der Waals surface area contributed by atoms with E-state index >= 15 is 0 Å². The minimum atomic E-state index is -2.85. The molecule has 16 heavy (non-hydrogen) atoms. The Bertz CT molecular complexity index is 459. The highest BCUT2D eigenvalue weighted by atomic mass is 79.9. The number of hydrogen-bond acceptors (Lipinski definition) is 3. The van der Waals surface area contributed by atoms with Gasteiger partial charge in [0.25, 0.3) is 12.0 Å². The molecule has 0 aromatic carbocycles. The number of H-pyrrole nitrogens is 1. The second-order valence-electron chi connectivity index (χ2n) is 2.94. The predicted octanol–water partition coefficient (Wildman–Crippen LogP) is 1.79. The minimum absolute atomic E-state index is 0.0355. The Kier molecular flexibility index (Phi) is 4.17. The lowest BCUT2D eigenvalue weighted by Crippen LogP contribution is -2.15.